The molecule has 8 nitrogen and oxygen atoms in total. The molecule has 1 aromatic carbocycles. The predicted molar refractivity (Wildman–Crippen MR) is 67.5 cm³/mol. The summed E-state index contributed by atoms with van der Waals surface area (Å²) in [4.78, 5) is 16.4. The van der Waals surface area contributed by atoms with Crippen molar-refractivity contribution in [3.05, 3.63) is 23.4 Å². The number of hydroxylamine groups is 1. The third-order valence-electron chi connectivity index (χ3n) is 2.56. The van der Waals surface area contributed by atoms with Crippen molar-refractivity contribution >= 4 is 23.3 Å². The fourth-order valence-electron chi connectivity index (χ4n) is 1.59. The number of quaternary nitrogens is 1. The van der Waals surface area contributed by atoms with E-state index in [4.69, 9.17) is 15.3 Å². The van der Waals surface area contributed by atoms with Gasteiger partial charge in [-0.05, 0) is 17.2 Å². The lowest BCUT2D eigenvalue weighted by atomic mass is 10.2. The number of carbonyl (C=O) groups excluding carboxylic acids is 1. The van der Waals surface area contributed by atoms with Crippen LogP contribution < -0.4 is 20.7 Å². The lowest BCUT2D eigenvalue weighted by Gasteiger charge is -2.29. The van der Waals surface area contributed by atoms with Crippen LogP contribution in [0.1, 0.15) is 13.3 Å². The van der Waals surface area contributed by atoms with Gasteiger partial charge in [-0.25, -0.2) is 9.97 Å². The zero-order valence-corrected chi connectivity index (χ0v) is 10.5. The molecule has 1 aromatic rings. The molecule has 0 radical (unpaired) electrons. The van der Waals surface area contributed by atoms with E-state index in [1.54, 1.807) is 19.1 Å². The highest BCUT2D eigenvalue weighted by molar-refractivity contribution is 5.97. The van der Waals surface area contributed by atoms with Crippen molar-refractivity contribution in [2.24, 2.45) is 10.8 Å². The van der Waals surface area contributed by atoms with E-state index in [9.17, 15) is 10.0 Å². The Morgan fingerprint density at radius 1 is 1.58 bits per heavy atom. The predicted octanol–water partition coefficient (Wildman–Crippen LogP) is -0.373. The molecule has 0 bridgehead atoms. The number of carbonyl (C=O) groups is 1. The first-order valence-electron chi connectivity index (χ1n) is 5.64. The number of benzene rings is 1. The Morgan fingerprint density at radius 3 is 2.95 bits per heavy atom. The molecule has 0 saturated carbocycles. The summed E-state index contributed by atoms with van der Waals surface area (Å²) in [5, 5.41) is 15.9. The Labute approximate surface area is 109 Å². The van der Waals surface area contributed by atoms with Crippen LogP contribution in [0.3, 0.4) is 0 Å². The lowest BCUT2D eigenvalue weighted by molar-refractivity contribution is -0.784. The summed E-state index contributed by atoms with van der Waals surface area (Å²) in [6, 6.07) is 4.73. The van der Waals surface area contributed by atoms with Gasteiger partial charge >= 0.3 is 5.97 Å². The van der Waals surface area contributed by atoms with Gasteiger partial charge in [0.1, 0.15) is 11.4 Å². The van der Waals surface area contributed by atoms with Crippen molar-refractivity contribution in [2.45, 2.75) is 13.3 Å². The number of hydrogen-bond acceptors (Lipinski definition) is 7. The number of nitrogens with zero attached hydrogens (tertiary/aromatic N) is 2. The fraction of sp³-hybridized carbons (Fsp3) is 0.273. The summed E-state index contributed by atoms with van der Waals surface area (Å²) >= 11 is 0. The smallest absolute Gasteiger partial charge is 0.332 e. The van der Waals surface area contributed by atoms with Gasteiger partial charge in [-0.15, -0.1) is 5.06 Å². The highest BCUT2D eigenvalue weighted by Crippen LogP contribution is 2.29. The van der Waals surface area contributed by atoms with Crippen molar-refractivity contribution in [3.8, 4) is 5.75 Å². The zero-order chi connectivity index (χ0) is 14.0. The first-order chi connectivity index (χ1) is 9.06. The molecular formula is C11H14N4O4. The Bertz CT molecular complexity index is 531. The molecule has 19 heavy (non-hydrogen) atoms. The number of rotatable bonds is 3. The van der Waals surface area contributed by atoms with Crippen molar-refractivity contribution in [3.63, 3.8) is 0 Å². The van der Waals surface area contributed by atoms with Crippen molar-refractivity contribution < 1.29 is 19.5 Å². The number of fused-ring (bicyclic) bond motifs is 1. The number of methoxy groups -OCH3 is 1. The molecule has 1 unspecified atom stereocenters. The minimum Gasteiger partial charge on any atom is -0.601 e. The third-order valence-corrected chi connectivity index (χ3v) is 2.56. The number of anilines is 1. The van der Waals surface area contributed by atoms with E-state index < -0.39 is 11.1 Å². The summed E-state index contributed by atoms with van der Waals surface area (Å²) in [5.74, 6) is -0.150. The highest BCUT2D eigenvalue weighted by Gasteiger charge is 2.29. The molecule has 0 aromatic heterocycles. The van der Waals surface area contributed by atoms with Crippen LogP contribution in [0, 0.1) is 5.21 Å². The molecule has 0 amide bonds. The van der Waals surface area contributed by atoms with Gasteiger partial charge in [-0.3, -0.25) is 0 Å². The monoisotopic (exact) mass is 266 g/mol. The number of nitrogens with two attached hydrogens (primary N) is 1. The van der Waals surface area contributed by atoms with Crippen LogP contribution >= 0.6 is 0 Å². The zero-order valence-electron chi connectivity index (χ0n) is 10.5. The van der Waals surface area contributed by atoms with E-state index in [2.05, 4.69) is 5.10 Å². The average molecular weight is 266 g/mol. The molecule has 1 atom stereocenters. The third kappa shape index (κ3) is 2.44. The first kappa shape index (κ1) is 13.1. The molecule has 0 aliphatic carbocycles. The summed E-state index contributed by atoms with van der Waals surface area (Å²) in [7, 11) is 1.49. The van der Waals surface area contributed by atoms with Crippen molar-refractivity contribution in [2.75, 3.05) is 12.2 Å². The minimum absolute atomic E-state index is 0.176. The standard InChI is InChI=1S/C11H14N4O4/c1-3-10(16)19-14-8-5-4-7(18-2)6-9(8)15(17)13-11(14)12/h4-6,15H,3H2,1-2H3,(H2,12,13). The van der Waals surface area contributed by atoms with E-state index in [-0.39, 0.29) is 18.1 Å². The average Bonchev–Trinajstić information content (AvgIpc) is 2.42. The van der Waals surface area contributed by atoms with Gasteiger partial charge in [0.15, 0.2) is 5.69 Å². The van der Waals surface area contributed by atoms with Crippen LogP contribution in [0.4, 0.5) is 11.4 Å². The molecule has 1 aliphatic rings. The van der Waals surface area contributed by atoms with Gasteiger partial charge in [0.2, 0.25) is 0 Å². The van der Waals surface area contributed by atoms with Gasteiger partial charge < -0.3 is 20.5 Å². The maximum atomic E-state index is 11.8. The molecule has 1 heterocycles. The second-order valence-electron chi connectivity index (χ2n) is 3.77. The van der Waals surface area contributed by atoms with Gasteiger partial charge in [-0.1, -0.05) is 6.92 Å². The first-order valence-corrected chi connectivity index (χ1v) is 5.64. The van der Waals surface area contributed by atoms with Gasteiger partial charge in [0.05, 0.1) is 7.11 Å². The summed E-state index contributed by atoms with van der Waals surface area (Å²) in [5.41, 5.74) is 6.23. The van der Waals surface area contributed by atoms with Gasteiger partial charge in [-0.2, -0.15) is 0 Å². The van der Waals surface area contributed by atoms with E-state index in [0.29, 0.717) is 11.4 Å². The maximum Gasteiger partial charge on any atom is 0.332 e. The molecule has 2 rings (SSSR count). The molecule has 102 valence electrons. The Hall–Kier alpha value is -2.32. The number of nitrogens with one attached hydrogen (secondary N) is 1. The van der Waals surface area contributed by atoms with Gasteiger partial charge in [0.25, 0.3) is 5.96 Å². The highest BCUT2D eigenvalue weighted by atomic mass is 16.7. The van der Waals surface area contributed by atoms with Crippen LogP contribution in [-0.4, -0.2) is 19.0 Å². The van der Waals surface area contributed by atoms with Crippen LogP contribution in [0.2, 0.25) is 0 Å². The van der Waals surface area contributed by atoms with E-state index in [0.717, 1.165) is 5.06 Å². The molecule has 8 heteroatoms. The number of guanidine groups is 1. The summed E-state index contributed by atoms with van der Waals surface area (Å²) in [6.45, 7) is 1.65. The maximum absolute atomic E-state index is 11.8. The van der Waals surface area contributed by atoms with E-state index in [1.165, 1.54) is 13.2 Å². The van der Waals surface area contributed by atoms with Crippen LogP contribution in [-0.2, 0) is 9.63 Å². The second-order valence-corrected chi connectivity index (χ2v) is 3.77. The van der Waals surface area contributed by atoms with Crippen LogP contribution in [0.15, 0.2) is 23.3 Å². The summed E-state index contributed by atoms with van der Waals surface area (Å²) in [6.07, 6.45) is 0.184. The Balaban J connectivity index is 2.41. The Kier molecular flexibility index (Phi) is 3.54. The van der Waals surface area contributed by atoms with E-state index in [1.807, 2.05) is 0 Å². The quantitative estimate of drug-likeness (QED) is 0.723. The van der Waals surface area contributed by atoms with Crippen LogP contribution in [0.25, 0.3) is 0 Å². The molecule has 0 saturated heterocycles. The molecular weight excluding hydrogens is 252 g/mol. The summed E-state index contributed by atoms with van der Waals surface area (Å²) < 4.78 is 5.03. The molecule has 3 N–H and O–H groups in total. The topological polar surface area (TPSA) is 105 Å². The molecule has 1 aliphatic heterocycles. The van der Waals surface area contributed by atoms with Gasteiger partial charge in [0, 0.05) is 12.5 Å². The minimum atomic E-state index is -0.504. The second kappa shape index (κ2) is 5.12. The fourth-order valence-corrected chi connectivity index (χ4v) is 1.59. The van der Waals surface area contributed by atoms with Crippen LogP contribution in [0.5, 0.6) is 5.75 Å². The van der Waals surface area contributed by atoms with Crippen molar-refractivity contribution in [1.82, 2.24) is 0 Å². The SMILES string of the molecule is CCC(=O)ON1C(N)=N[NH+]([O-])c2cc(OC)ccc21. The number of hydrogen-bond donors (Lipinski definition) is 2. The number of ether oxygens (including phenoxy) is 1. The Morgan fingerprint density at radius 2 is 2.32 bits per heavy atom. The van der Waals surface area contributed by atoms with Crippen molar-refractivity contribution in [1.29, 1.82) is 0 Å². The molecule has 0 spiro atoms. The normalized spacial score (nSPS) is 17.5. The lowest BCUT2D eigenvalue weighted by Crippen LogP contribution is -2.98. The largest absolute Gasteiger partial charge is 0.601 e. The van der Waals surface area contributed by atoms with E-state index >= 15 is 0 Å². The molecule has 0 fully saturated rings.